The number of rotatable bonds is 8. The zero-order chi connectivity index (χ0) is 21.8. The lowest BCUT2D eigenvalue weighted by Gasteiger charge is -2.16. The highest BCUT2D eigenvalue weighted by Gasteiger charge is 2.21. The van der Waals surface area contributed by atoms with E-state index in [0.29, 0.717) is 17.3 Å². The van der Waals surface area contributed by atoms with Gasteiger partial charge >= 0.3 is 0 Å². The number of fused-ring (bicyclic) bond motifs is 1. The van der Waals surface area contributed by atoms with E-state index >= 15 is 0 Å². The van der Waals surface area contributed by atoms with Crippen LogP contribution < -0.4 is 5.32 Å². The first kappa shape index (κ1) is 20.7. The van der Waals surface area contributed by atoms with Crippen LogP contribution >= 0.6 is 0 Å². The van der Waals surface area contributed by atoms with E-state index < -0.39 is 0 Å². The number of amides is 1. The van der Waals surface area contributed by atoms with Gasteiger partial charge in [-0.2, -0.15) is 14.9 Å². The Morgan fingerprint density at radius 1 is 1.06 bits per heavy atom. The molecular weight excluding hydrogens is 390 g/mol. The lowest BCUT2D eigenvalue weighted by Crippen LogP contribution is -2.24. The molecule has 0 fully saturated rings. The molecule has 0 atom stereocenters. The first-order valence-electron chi connectivity index (χ1n) is 10.7. The van der Waals surface area contributed by atoms with E-state index in [1.165, 1.54) is 6.33 Å². The second kappa shape index (κ2) is 9.07. The van der Waals surface area contributed by atoms with Crippen LogP contribution in [0.5, 0.6) is 0 Å². The molecule has 8 nitrogen and oxygen atoms in total. The summed E-state index contributed by atoms with van der Waals surface area (Å²) in [5, 5.41) is 12.9. The highest BCUT2D eigenvalue weighted by molar-refractivity contribution is 5.92. The monoisotopic (exact) mass is 417 g/mol. The molecule has 0 radical (unpaired) electrons. The van der Waals surface area contributed by atoms with E-state index in [0.717, 1.165) is 42.5 Å². The molecule has 8 heteroatoms. The minimum Gasteiger partial charge on any atom is -0.310 e. The topological polar surface area (TPSA) is 90.5 Å². The summed E-state index contributed by atoms with van der Waals surface area (Å²) in [6.07, 6.45) is 6.92. The molecule has 4 aromatic rings. The van der Waals surface area contributed by atoms with Crippen LogP contribution in [0.25, 0.3) is 22.5 Å². The van der Waals surface area contributed by atoms with Gasteiger partial charge in [-0.05, 0) is 31.9 Å². The van der Waals surface area contributed by atoms with Crippen molar-refractivity contribution in [3.05, 3.63) is 54.6 Å². The summed E-state index contributed by atoms with van der Waals surface area (Å²) >= 11 is 0. The molecule has 0 aliphatic carbocycles. The Balaban J connectivity index is 1.73. The number of aryl methyl sites for hydroxylation is 1. The molecule has 1 amide bonds. The van der Waals surface area contributed by atoms with Gasteiger partial charge in [-0.25, -0.2) is 14.6 Å². The van der Waals surface area contributed by atoms with Gasteiger partial charge in [0.25, 0.3) is 0 Å². The van der Waals surface area contributed by atoms with Gasteiger partial charge in [0, 0.05) is 12.0 Å². The van der Waals surface area contributed by atoms with Crippen LogP contribution in [0.1, 0.15) is 45.2 Å². The van der Waals surface area contributed by atoms with Gasteiger partial charge < -0.3 is 5.32 Å². The van der Waals surface area contributed by atoms with Gasteiger partial charge in [-0.3, -0.25) is 4.79 Å². The zero-order valence-electron chi connectivity index (χ0n) is 18.1. The van der Waals surface area contributed by atoms with Crippen molar-refractivity contribution >= 4 is 22.8 Å². The van der Waals surface area contributed by atoms with E-state index in [-0.39, 0.29) is 11.8 Å². The zero-order valence-corrected chi connectivity index (χ0v) is 18.1. The fraction of sp³-hybridized carbons (Fsp3) is 0.348. The average molecular weight is 418 g/mol. The van der Waals surface area contributed by atoms with Crippen LogP contribution in [0.15, 0.2) is 48.9 Å². The summed E-state index contributed by atoms with van der Waals surface area (Å²) < 4.78 is 3.44. The maximum absolute atomic E-state index is 12.9. The van der Waals surface area contributed by atoms with E-state index in [1.54, 1.807) is 15.6 Å². The SMILES string of the molecule is CCCC(CCC)C(=O)Nc1cc(C)nn1-c1ncnc2c1cnn2-c1ccccc1. The minimum atomic E-state index is -0.00935. The van der Waals surface area contributed by atoms with Crippen LogP contribution in [0, 0.1) is 12.8 Å². The van der Waals surface area contributed by atoms with Crippen molar-refractivity contribution in [3.8, 4) is 11.5 Å². The van der Waals surface area contributed by atoms with Crippen LogP contribution in [0.4, 0.5) is 5.82 Å². The second-order valence-corrected chi connectivity index (χ2v) is 7.67. The van der Waals surface area contributed by atoms with Crippen molar-refractivity contribution < 1.29 is 4.79 Å². The van der Waals surface area contributed by atoms with Gasteiger partial charge in [0.1, 0.15) is 12.1 Å². The molecule has 3 heterocycles. The number of para-hydroxylation sites is 1. The molecule has 0 spiro atoms. The number of carbonyl (C=O) groups is 1. The molecule has 3 aromatic heterocycles. The minimum absolute atomic E-state index is 0.00935. The lowest BCUT2D eigenvalue weighted by atomic mass is 9.97. The van der Waals surface area contributed by atoms with Crippen LogP contribution in [-0.4, -0.2) is 35.4 Å². The first-order valence-corrected chi connectivity index (χ1v) is 10.7. The molecule has 1 N–H and O–H groups in total. The predicted molar refractivity (Wildman–Crippen MR) is 120 cm³/mol. The largest absolute Gasteiger partial charge is 0.310 e. The summed E-state index contributed by atoms with van der Waals surface area (Å²) in [5.74, 6) is 1.20. The molecule has 0 saturated heterocycles. The van der Waals surface area contributed by atoms with Gasteiger partial charge in [-0.1, -0.05) is 44.9 Å². The number of hydrogen-bond donors (Lipinski definition) is 1. The van der Waals surface area contributed by atoms with Gasteiger partial charge in [0.2, 0.25) is 5.91 Å². The molecule has 0 unspecified atom stereocenters. The highest BCUT2D eigenvalue weighted by atomic mass is 16.2. The molecule has 4 rings (SSSR count). The fourth-order valence-electron chi connectivity index (χ4n) is 3.84. The van der Waals surface area contributed by atoms with Gasteiger partial charge in [-0.15, -0.1) is 0 Å². The normalized spacial score (nSPS) is 11.4. The smallest absolute Gasteiger partial charge is 0.228 e. The van der Waals surface area contributed by atoms with Crippen molar-refractivity contribution in [2.45, 2.75) is 46.5 Å². The Hall–Kier alpha value is -3.55. The third-order valence-electron chi connectivity index (χ3n) is 5.27. The molecule has 0 bridgehead atoms. The third kappa shape index (κ3) is 4.19. The van der Waals surface area contributed by atoms with Crippen molar-refractivity contribution in [1.29, 1.82) is 0 Å². The van der Waals surface area contributed by atoms with Crippen molar-refractivity contribution in [2.24, 2.45) is 5.92 Å². The molecular formula is C23H27N7O. The lowest BCUT2D eigenvalue weighted by molar-refractivity contribution is -0.120. The third-order valence-corrected chi connectivity index (χ3v) is 5.27. The van der Waals surface area contributed by atoms with E-state index in [1.807, 2.05) is 43.3 Å². The van der Waals surface area contributed by atoms with Crippen molar-refractivity contribution in [3.63, 3.8) is 0 Å². The van der Waals surface area contributed by atoms with E-state index in [9.17, 15) is 4.79 Å². The number of anilines is 1. The predicted octanol–water partition coefficient (Wildman–Crippen LogP) is 4.46. The number of nitrogens with one attached hydrogen (secondary N) is 1. The van der Waals surface area contributed by atoms with Gasteiger partial charge in [0.05, 0.1) is 23.0 Å². The van der Waals surface area contributed by atoms with E-state index in [2.05, 4.69) is 39.3 Å². The standard InChI is InChI=1S/C23H27N7O/c1-4-9-17(10-5-2)23(31)27-20-13-16(3)28-30(20)22-19-14-26-29(21(19)24-15-25-22)18-11-7-6-8-12-18/h6-8,11-15,17H,4-5,9-10H2,1-3H3,(H,27,31). The molecule has 31 heavy (non-hydrogen) atoms. The number of benzene rings is 1. The summed E-state index contributed by atoms with van der Waals surface area (Å²) in [4.78, 5) is 21.8. The number of carbonyl (C=O) groups excluding carboxylic acids is 1. The van der Waals surface area contributed by atoms with Crippen LogP contribution in [-0.2, 0) is 4.79 Å². The number of nitrogens with zero attached hydrogens (tertiary/aromatic N) is 6. The molecule has 0 aliphatic rings. The average Bonchev–Trinajstić information content (AvgIpc) is 3.37. The van der Waals surface area contributed by atoms with Crippen LogP contribution in [0.2, 0.25) is 0 Å². The van der Waals surface area contributed by atoms with Crippen molar-refractivity contribution in [1.82, 2.24) is 29.5 Å². The van der Waals surface area contributed by atoms with Gasteiger partial charge in [0.15, 0.2) is 11.5 Å². The number of hydrogen-bond acceptors (Lipinski definition) is 5. The Bertz CT molecular complexity index is 1170. The maximum atomic E-state index is 12.9. The molecule has 160 valence electrons. The fourth-order valence-corrected chi connectivity index (χ4v) is 3.84. The quantitative estimate of drug-likeness (QED) is 0.457. The van der Waals surface area contributed by atoms with Crippen LogP contribution in [0.3, 0.4) is 0 Å². The summed E-state index contributed by atoms with van der Waals surface area (Å²) in [5.41, 5.74) is 2.38. The van der Waals surface area contributed by atoms with Crippen molar-refractivity contribution in [2.75, 3.05) is 5.32 Å². The molecule has 1 aromatic carbocycles. The Morgan fingerprint density at radius 2 is 1.81 bits per heavy atom. The van der Waals surface area contributed by atoms with E-state index in [4.69, 9.17) is 0 Å². The molecule has 0 aliphatic heterocycles. The summed E-state index contributed by atoms with van der Waals surface area (Å²) in [7, 11) is 0. The second-order valence-electron chi connectivity index (χ2n) is 7.67. The highest BCUT2D eigenvalue weighted by Crippen LogP contribution is 2.25. The number of aromatic nitrogens is 6. The Morgan fingerprint density at radius 3 is 2.52 bits per heavy atom. The maximum Gasteiger partial charge on any atom is 0.228 e. The molecule has 0 saturated carbocycles. The summed E-state index contributed by atoms with van der Waals surface area (Å²) in [6, 6.07) is 11.7. The first-order chi connectivity index (χ1) is 15.1. The Kier molecular flexibility index (Phi) is 6.06. The summed E-state index contributed by atoms with van der Waals surface area (Å²) in [6.45, 7) is 6.10. The Labute approximate surface area is 181 Å².